The molecule has 1 fully saturated rings. The zero-order valence-corrected chi connectivity index (χ0v) is 19.1. The van der Waals surface area contributed by atoms with E-state index in [1.54, 1.807) is 31.4 Å². The van der Waals surface area contributed by atoms with E-state index in [0.717, 1.165) is 22.8 Å². The molecule has 168 valence electrons. The highest BCUT2D eigenvalue weighted by Crippen LogP contribution is 2.30. The number of halogens is 1. The maximum Gasteiger partial charge on any atom is 0.254 e. The Morgan fingerprint density at radius 1 is 1.12 bits per heavy atom. The second-order valence-electron chi connectivity index (χ2n) is 7.55. The SMILES string of the molecule is COc1cc(C(=O)N2CCN(c3cccc(Cl)n3)CC2)ccc1OCc1c(C)noc1C. The molecular weight excluding hydrogens is 432 g/mol. The van der Waals surface area contributed by atoms with Gasteiger partial charge in [0.05, 0.1) is 18.4 Å². The molecule has 1 aliphatic rings. The first-order valence-corrected chi connectivity index (χ1v) is 10.7. The summed E-state index contributed by atoms with van der Waals surface area (Å²) in [6, 6.07) is 10.8. The Balaban J connectivity index is 1.41. The summed E-state index contributed by atoms with van der Waals surface area (Å²) >= 11 is 6.00. The van der Waals surface area contributed by atoms with Crippen molar-refractivity contribution < 1.29 is 18.8 Å². The molecule has 1 amide bonds. The molecule has 0 radical (unpaired) electrons. The highest BCUT2D eigenvalue weighted by atomic mass is 35.5. The van der Waals surface area contributed by atoms with Crippen molar-refractivity contribution in [3.63, 3.8) is 0 Å². The highest BCUT2D eigenvalue weighted by molar-refractivity contribution is 6.29. The molecule has 4 rings (SSSR count). The molecule has 8 nitrogen and oxygen atoms in total. The Morgan fingerprint density at radius 3 is 2.56 bits per heavy atom. The summed E-state index contributed by atoms with van der Waals surface area (Å²) in [7, 11) is 1.56. The average Bonchev–Trinajstić information content (AvgIpc) is 3.14. The van der Waals surface area contributed by atoms with Gasteiger partial charge in [0, 0.05) is 31.7 Å². The van der Waals surface area contributed by atoms with Crippen LogP contribution in [0.1, 0.15) is 27.4 Å². The number of nitrogens with zero attached hydrogens (tertiary/aromatic N) is 4. The Hall–Kier alpha value is -3.26. The Morgan fingerprint density at radius 2 is 1.91 bits per heavy atom. The van der Waals surface area contributed by atoms with Crippen LogP contribution in [0, 0.1) is 13.8 Å². The van der Waals surface area contributed by atoms with Gasteiger partial charge in [0.25, 0.3) is 5.91 Å². The number of benzene rings is 1. The van der Waals surface area contributed by atoms with E-state index in [4.69, 9.17) is 25.6 Å². The maximum absolute atomic E-state index is 13.1. The fourth-order valence-electron chi connectivity index (χ4n) is 3.67. The Kier molecular flexibility index (Phi) is 6.50. The quantitative estimate of drug-likeness (QED) is 0.520. The van der Waals surface area contributed by atoms with Crippen LogP contribution in [-0.4, -0.2) is 54.2 Å². The first-order valence-electron chi connectivity index (χ1n) is 10.4. The minimum absolute atomic E-state index is 0.0423. The van der Waals surface area contributed by atoms with Gasteiger partial charge in [0.15, 0.2) is 11.5 Å². The summed E-state index contributed by atoms with van der Waals surface area (Å²) < 4.78 is 16.6. The van der Waals surface area contributed by atoms with E-state index in [9.17, 15) is 4.79 Å². The Labute approximate surface area is 191 Å². The van der Waals surface area contributed by atoms with Crippen LogP contribution in [-0.2, 0) is 6.61 Å². The predicted molar refractivity (Wildman–Crippen MR) is 121 cm³/mol. The van der Waals surface area contributed by atoms with Crippen molar-refractivity contribution in [3.8, 4) is 11.5 Å². The molecule has 1 aromatic carbocycles. The number of pyridine rings is 1. The molecule has 1 saturated heterocycles. The highest BCUT2D eigenvalue weighted by Gasteiger charge is 2.24. The third-order valence-electron chi connectivity index (χ3n) is 5.56. The van der Waals surface area contributed by atoms with Gasteiger partial charge in [-0.15, -0.1) is 0 Å². The van der Waals surface area contributed by atoms with E-state index in [1.165, 1.54) is 0 Å². The summed E-state index contributed by atoms with van der Waals surface area (Å²) in [6.07, 6.45) is 0. The fourth-order valence-corrected chi connectivity index (χ4v) is 3.83. The average molecular weight is 457 g/mol. The molecule has 2 aromatic heterocycles. The van der Waals surface area contributed by atoms with Crippen molar-refractivity contribution in [2.45, 2.75) is 20.5 Å². The number of carbonyl (C=O) groups is 1. The molecule has 0 atom stereocenters. The summed E-state index contributed by atoms with van der Waals surface area (Å²) in [5.74, 6) is 2.57. The van der Waals surface area contributed by atoms with Gasteiger partial charge in [-0.2, -0.15) is 0 Å². The molecule has 0 N–H and O–H groups in total. The number of rotatable bonds is 6. The van der Waals surface area contributed by atoms with Gasteiger partial charge in [-0.1, -0.05) is 22.8 Å². The van der Waals surface area contributed by atoms with Crippen LogP contribution in [0.5, 0.6) is 11.5 Å². The first kappa shape index (κ1) is 22.0. The van der Waals surface area contributed by atoms with Gasteiger partial charge in [0.1, 0.15) is 23.3 Å². The van der Waals surface area contributed by atoms with Gasteiger partial charge in [-0.05, 0) is 44.2 Å². The number of ether oxygens (including phenoxy) is 2. The van der Waals surface area contributed by atoms with Crippen LogP contribution in [0.25, 0.3) is 0 Å². The number of anilines is 1. The number of hydrogen-bond acceptors (Lipinski definition) is 7. The van der Waals surface area contributed by atoms with E-state index in [1.807, 2.05) is 30.9 Å². The number of aryl methyl sites for hydroxylation is 2. The molecule has 0 saturated carbocycles. The molecule has 32 heavy (non-hydrogen) atoms. The van der Waals surface area contributed by atoms with Gasteiger partial charge < -0.3 is 23.8 Å². The van der Waals surface area contributed by atoms with E-state index in [0.29, 0.717) is 55.0 Å². The molecule has 3 heterocycles. The van der Waals surface area contributed by atoms with Crippen molar-refractivity contribution in [2.75, 3.05) is 38.2 Å². The standard InChI is InChI=1S/C23H25ClN4O4/c1-15-18(16(2)32-26-15)14-31-19-8-7-17(13-20(19)30-3)23(29)28-11-9-27(10-12-28)22-6-4-5-21(24)25-22/h4-8,13H,9-12,14H2,1-3H3. The lowest BCUT2D eigenvalue weighted by Crippen LogP contribution is -2.49. The van der Waals surface area contributed by atoms with Crippen LogP contribution in [0.15, 0.2) is 40.9 Å². The molecular formula is C23H25ClN4O4. The molecule has 9 heteroatoms. The largest absolute Gasteiger partial charge is 0.493 e. The molecule has 0 unspecified atom stereocenters. The monoisotopic (exact) mass is 456 g/mol. The van der Waals surface area contributed by atoms with Crippen LogP contribution in [0.2, 0.25) is 5.15 Å². The van der Waals surface area contributed by atoms with Gasteiger partial charge in [0.2, 0.25) is 0 Å². The number of methoxy groups -OCH3 is 1. The minimum atomic E-state index is -0.0423. The van der Waals surface area contributed by atoms with Crippen molar-refractivity contribution in [1.29, 1.82) is 0 Å². The summed E-state index contributed by atoms with van der Waals surface area (Å²) in [4.78, 5) is 21.4. The lowest BCUT2D eigenvalue weighted by Gasteiger charge is -2.35. The molecule has 3 aromatic rings. The topological polar surface area (TPSA) is 80.9 Å². The molecule has 0 aliphatic carbocycles. The van der Waals surface area contributed by atoms with Crippen molar-refractivity contribution >= 4 is 23.3 Å². The van der Waals surface area contributed by atoms with E-state index >= 15 is 0 Å². The molecule has 1 aliphatic heterocycles. The number of hydrogen-bond donors (Lipinski definition) is 0. The van der Waals surface area contributed by atoms with Crippen LogP contribution in [0.4, 0.5) is 5.82 Å². The minimum Gasteiger partial charge on any atom is -0.493 e. The van der Waals surface area contributed by atoms with E-state index in [-0.39, 0.29) is 5.91 Å². The van der Waals surface area contributed by atoms with E-state index < -0.39 is 0 Å². The van der Waals surface area contributed by atoms with Gasteiger partial charge in [-0.25, -0.2) is 4.98 Å². The predicted octanol–water partition coefficient (Wildman–Crippen LogP) is 3.89. The number of carbonyl (C=O) groups excluding carboxylic acids is 1. The normalized spacial score (nSPS) is 13.9. The summed E-state index contributed by atoms with van der Waals surface area (Å²) in [6.45, 7) is 6.60. The third-order valence-corrected chi connectivity index (χ3v) is 5.77. The van der Waals surface area contributed by atoms with Crippen LogP contribution < -0.4 is 14.4 Å². The van der Waals surface area contributed by atoms with Crippen molar-refractivity contribution in [1.82, 2.24) is 15.0 Å². The number of amides is 1. The zero-order chi connectivity index (χ0) is 22.7. The third kappa shape index (κ3) is 4.65. The smallest absolute Gasteiger partial charge is 0.254 e. The van der Waals surface area contributed by atoms with Crippen molar-refractivity contribution in [3.05, 3.63) is 64.1 Å². The number of aromatic nitrogens is 2. The first-order chi connectivity index (χ1) is 15.5. The lowest BCUT2D eigenvalue weighted by molar-refractivity contribution is 0.0746. The van der Waals surface area contributed by atoms with Crippen LogP contribution >= 0.6 is 11.6 Å². The fraction of sp³-hybridized carbons (Fsp3) is 0.348. The van der Waals surface area contributed by atoms with Crippen LogP contribution in [0.3, 0.4) is 0 Å². The summed E-state index contributed by atoms with van der Waals surface area (Å²) in [5, 5.41) is 4.40. The second kappa shape index (κ2) is 9.48. The zero-order valence-electron chi connectivity index (χ0n) is 18.3. The van der Waals surface area contributed by atoms with Gasteiger partial charge >= 0.3 is 0 Å². The Bertz CT molecular complexity index is 1090. The van der Waals surface area contributed by atoms with E-state index in [2.05, 4.69) is 15.0 Å². The van der Waals surface area contributed by atoms with Crippen molar-refractivity contribution in [2.24, 2.45) is 0 Å². The number of piperazine rings is 1. The maximum atomic E-state index is 13.1. The lowest BCUT2D eigenvalue weighted by atomic mass is 10.1. The second-order valence-corrected chi connectivity index (χ2v) is 7.94. The van der Waals surface area contributed by atoms with Gasteiger partial charge in [-0.3, -0.25) is 4.79 Å². The molecule has 0 spiro atoms. The summed E-state index contributed by atoms with van der Waals surface area (Å²) in [5.41, 5.74) is 2.25. The molecule has 0 bridgehead atoms.